The molecule has 4 aromatic rings. The van der Waals surface area contributed by atoms with Gasteiger partial charge in [-0.2, -0.15) is 4.98 Å². The van der Waals surface area contributed by atoms with Crippen molar-refractivity contribution in [3.8, 4) is 0 Å². The van der Waals surface area contributed by atoms with Crippen LogP contribution < -0.4 is 5.56 Å². The van der Waals surface area contributed by atoms with E-state index in [1.807, 2.05) is 26.8 Å². The van der Waals surface area contributed by atoms with Gasteiger partial charge in [-0.25, -0.2) is 14.5 Å². The fourth-order valence-corrected chi connectivity index (χ4v) is 6.16. The third-order valence-electron chi connectivity index (χ3n) is 5.45. The van der Waals surface area contributed by atoms with Gasteiger partial charge in [0.1, 0.15) is 10.7 Å². The quantitative estimate of drug-likeness (QED) is 0.498. The Bertz CT molecular complexity index is 1300. The maximum absolute atomic E-state index is 12.9. The molecule has 2 unspecified atom stereocenters. The van der Waals surface area contributed by atoms with E-state index in [0.29, 0.717) is 22.7 Å². The number of rotatable bonds is 3. The second kappa shape index (κ2) is 6.91. The topological polar surface area (TPSA) is 88.8 Å². The summed E-state index contributed by atoms with van der Waals surface area (Å²) >= 11 is 3.16. The molecule has 0 fully saturated rings. The summed E-state index contributed by atoms with van der Waals surface area (Å²) in [6.45, 7) is 8.22. The highest BCUT2D eigenvalue weighted by Crippen LogP contribution is 2.37. The van der Waals surface area contributed by atoms with E-state index in [9.17, 15) is 4.79 Å². The summed E-state index contributed by atoms with van der Waals surface area (Å²) in [7, 11) is 0. The Morgan fingerprint density at radius 2 is 2.14 bits per heavy atom. The predicted molar refractivity (Wildman–Crippen MR) is 116 cm³/mol. The van der Waals surface area contributed by atoms with Crippen molar-refractivity contribution in [3.63, 3.8) is 0 Å². The zero-order valence-corrected chi connectivity index (χ0v) is 18.4. The Hall–Kier alpha value is -2.26. The van der Waals surface area contributed by atoms with Crippen LogP contribution in [-0.2, 0) is 12.8 Å². The predicted octanol–water partition coefficient (Wildman–Crippen LogP) is 4.02. The molecule has 0 aliphatic heterocycles. The Morgan fingerprint density at radius 1 is 1.31 bits per heavy atom. The van der Waals surface area contributed by atoms with Gasteiger partial charge in [0.05, 0.1) is 10.6 Å². The number of fused-ring (bicyclic) bond motifs is 4. The molecule has 0 saturated carbocycles. The molecule has 7 nitrogen and oxygen atoms in total. The fraction of sp³-hybridized carbons (Fsp3) is 0.450. The van der Waals surface area contributed by atoms with E-state index in [1.54, 1.807) is 15.9 Å². The first-order chi connectivity index (χ1) is 13.9. The number of aryl methyl sites for hydroxylation is 3. The minimum Gasteiger partial charge on any atom is -0.309 e. The molecule has 2 atom stereocenters. The van der Waals surface area contributed by atoms with Crippen LogP contribution in [0.25, 0.3) is 16.0 Å². The highest BCUT2D eigenvalue weighted by Gasteiger charge is 2.24. The lowest BCUT2D eigenvalue weighted by molar-refractivity contribution is 0.509. The number of hydrogen-bond donors (Lipinski definition) is 1. The van der Waals surface area contributed by atoms with Gasteiger partial charge in [-0.05, 0) is 57.6 Å². The molecule has 29 heavy (non-hydrogen) atoms. The molecule has 4 aromatic heterocycles. The average molecular weight is 427 g/mol. The van der Waals surface area contributed by atoms with Crippen molar-refractivity contribution in [1.82, 2.24) is 29.5 Å². The van der Waals surface area contributed by atoms with E-state index in [-0.39, 0.29) is 10.8 Å². The van der Waals surface area contributed by atoms with Crippen molar-refractivity contribution in [1.29, 1.82) is 0 Å². The van der Waals surface area contributed by atoms with Gasteiger partial charge < -0.3 is 4.98 Å². The summed E-state index contributed by atoms with van der Waals surface area (Å²) in [6, 6.07) is 1.98. The maximum Gasteiger partial charge on any atom is 0.259 e. The van der Waals surface area contributed by atoms with Gasteiger partial charge in [-0.1, -0.05) is 18.7 Å². The standard InChI is InChI=1S/C20H22N6OS2/c1-9-5-6-13-14(7-9)29-18-15(13)17(27)22-16(23-18)12(4)28-20-24-19-21-10(2)8-11(3)26(19)25-20/h8-9,12H,5-7H2,1-4H3,(H,22,23,27). The molecule has 1 N–H and O–H groups in total. The van der Waals surface area contributed by atoms with Gasteiger partial charge in [-0.3, -0.25) is 4.79 Å². The molecular formula is C20H22N6OS2. The van der Waals surface area contributed by atoms with Gasteiger partial charge in [0, 0.05) is 16.3 Å². The van der Waals surface area contributed by atoms with Crippen LogP contribution >= 0.6 is 23.1 Å². The van der Waals surface area contributed by atoms with Gasteiger partial charge in [0.15, 0.2) is 0 Å². The van der Waals surface area contributed by atoms with Crippen LogP contribution in [0.1, 0.15) is 53.2 Å². The molecule has 0 radical (unpaired) electrons. The first-order valence-electron chi connectivity index (χ1n) is 9.81. The van der Waals surface area contributed by atoms with Gasteiger partial charge in [0.2, 0.25) is 5.16 Å². The minimum absolute atomic E-state index is 0.0272. The van der Waals surface area contributed by atoms with E-state index in [0.717, 1.165) is 40.9 Å². The molecular weight excluding hydrogens is 404 g/mol. The van der Waals surface area contributed by atoms with Crippen LogP contribution in [0.2, 0.25) is 0 Å². The summed E-state index contributed by atoms with van der Waals surface area (Å²) in [6.07, 6.45) is 3.16. The number of aromatic nitrogens is 6. The lowest BCUT2D eigenvalue weighted by Crippen LogP contribution is -2.15. The number of hydrogen-bond acceptors (Lipinski definition) is 7. The third kappa shape index (κ3) is 3.26. The Labute approximate surface area is 176 Å². The summed E-state index contributed by atoms with van der Waals surface area (Å²) in [4.78, 5) is 31.8. The van der Waals surface area contributed by atoms with Gasteiger partial charge >= 0.3 is 0 Å². The fourth-order valence-electron chi connectivity index (χ4n) is 3.97. The van der Waals surface area contributed by atoms with Crippen LogP contribution in [-0.4, -0.2) is 29.5 Å². The second-order valence-corrected chi connectivity index (χ2v) is 10.3. The van der Waals surface area contributed by atoms with Gasteiger partial charge in [-0.15, -0.1) is 16.4 Å². The minimum atomic E-state index is -0.0797. The molecule has 0 bridgehead atoms. The van der Waals surface area contributed by atoms with E-state index in [2.05, 4.69) is 27.0 Å². The van der Waals surface area contributed by atoms with Crippen molar-refractivity contribution < 1.29 is 0 Å². The van der Waals surface area contributed by atoms with Crippen LogP contribution in [0.15, 0.2) is 16.0 Å². The summed E-state index contributed by atoms with van der Waals surface area (Å²) in [5, 5.41) is 5.89. The normalized spacial score (nSPS) is 17.7. The molecule has 0 saturated heterocycles. The number of thiophene rings is 1. The van der Waals surface area contributed by atoms with Crippen LogP contribution in [0.3, 0.4) is 0 Å². The molecule has 150 valence electrons. The molecule has 0 amide bonds. The van der Waals surface area contributed by atoms with Crippen molar-refractivity contribution in [2.75, 3.05) is 0 Å². The molecule has 1 aliphatic rings. The Morgan fingerprint density at radius 3 is 2.97 bits per heavy atom. The first-order valence-corrected chi connectivity index (χ1v) is 11.5. The van der Waals surface area contributed by atoms with Crippen molar-refractivity contribution in [2.45, 2.75) is 57.4 Å². The van der Waals surface area contributed by atoms with E-state index < -0.39 is 0 Å². The van der Waals surface area contributed by atoms with Crippen molar-refractivity contribution in [3.05, 3.63) is 44.1 Å². The second-order valence-electron chi connectivity index (χ2n) is 7.89. The number of nitrogens with one attached hydrogen (secondary N) is 1. The monoisotopic (exact) mass is 426 g/mol. The molecule has 1 aliphatic carbocycles. The largest absolute Gasteiger partial charge is 0.309 e. The number of H-pyrrole nitrogens is 1. The summed E-state index contributed by atoms with van der Waals surface area (Å²) in [5.74, 6) is 1.93. The van der Waals surface area contributed by atoms with Gasteiger partial charge in [0.25, 0.3) is 11.3 Å². The zero-order valence-electron chi connectivity index (χ0n) is 16.8. The Kier molecular flexibility index (Phi) is 4.47. The van der Waals surface area contributed by atoms with E-state index >= 15 is 0 Å². The number of aromatic amines is 1. The highest BCUT2D eigenvalue weighted by atomic mass is 32.2. The lowest BCUT2D eigenvalue weighted by atomic mass is 9.89. The SMILES string of the molecule is Cc1cc(C)n2nc(SC(C)c3nc4sc5c(c4c(=O)[nH]3)CCC(C)C5)nc2n1. The molecule has 0 spiro atoms. The van der Waals surface area contributed by atoms with Crippen LogP contribution in [0, 0.1) is 19.8 Å². The molecule has 9 heteroatoms. The molecule has 5 rings (SSSR count). The summed E-state index contributed by atoms with van der Waals surface area (Å²) in [5.41, 5.74) is 3.09. The zero-order chi connectivity index (χ0) is 20.3. The maximum atomic E-state index is 12.9. The number of nitrogens with zero attached hydrogens (tertiary/aromatic N) is 5. The average Bonchev–Trinajstić information content (AvgIpc) is 3.21. The van der Waals surface area contributed by atoms with Crippen molar-refractivity contribution >= 4 is 39.1 Å². The van der Waals surface area contributed by atoms with Crippen molar-refractivity contribution in [2.24, 2.45) is 5.92 Å². The highest BCUT2D eigenvalue weighted by molar-refractivity contribution is 7.99. The summed E-state index contributed by atoms with van der Waals surface area (Å²) < 4.78 is 1.75. The Balaban J connectivity index is 1.49. The number of thioether (sulfide) groups is 1. The van der Waals surface area contributed by atoms with Crippen LogP contribution in [0.5, 0.6) is 0 Å². The molecule has 4 heterocycles. The van der Waals surface area contributed by atoms with E-state index in [4.69, 9.17) is 4.98 Å². The molecule has 0 aromatic carbocycles. The lowest BCUT2D eigenvalue weighted by Gasteiger charge is -2.17. The van der Waals surface area contributed by atoms with Crippen LogP contribution in [0.4, 0.5) is 0 Å². The smallest absolute Gasteiger partial charge is 0.259 e. The third-order valence-corrected chi connectivity index (χ3v) is 7.56. The van der Waals surface area contributed by atoms with E-state index in [1.165, 1.54) is 22.2 Å². The first kappa shape index (κ1) is 18.7.